The lowest BCUT2D eigenvalue weighted by atomic mass is 10.1. The number of hydrogen-bond acceptors (Lipinski definition) is 4. The second kappa shape index (κ2) is 8.57. The molecule has 2 aromatic rings. The third-order valence-corrected chi connectivity index (χ3v) is 5.71. The molecule has 2 saturated heterocycles. The summed E-state index contributed by atoms with van der Waals surface area (Å²) in [7, 11) is 0. The highest BCUT2D eigenvalue weighted by Crippen LogP contribution is 2.30. The summed E-state index contributed by atoms with van der Waals surface area (Å²) in [5.41, 5.74) is 8.70. The summed E-state index contributed by atoms with van der Waals surface area (Å²) in [6.07, 6.45) is 3.68. The summed E-state index contributed by atoms with van der Waals surface area (Å²) in [4.78, 5) is 40.5. The maximum atomic E-state index is 13.0. The maximum absolute atomic E-state index is 13.0. The van der Waals surface area contributed by atoms with Crippen molar-refractivity contribution in [2.75, 3.05) is 29.9 Å². The Morgan fingerprint density at radius 1 is 0.967 bits per heavy atom. The SMILES string of the molecule is NC(=O)c1ccc(N2CCCC2)c(NC(=O)c2cccc(CN3CCCC3=O)c2)c1. The van der Waals surface area contributed by atoms with Crippen LogP contribution in [0.15, 0.2) is 42.5 Å². The van der Waals surface area contributed by atoms with E-state index >= 15 is 0 Å². The van der Waals surface area contributed by atoms with E-state index in [1.165, 1.54) is 0 Å². The molecule has 2 aromatic carbocycles. The fourth-order valence-electron chi connectivity index (χ4n) is 4.12. The van der Waals surface area contributed by atoms with E-state index in [-0.39, 0.29) is 11.8 Å². The first-order chi connectivity index (χ1) is 14.5. The minimum atomic E-state index is -0.532. The number of primary amides is 1. The van der Waals surface area contributed by atoms with E-state index in [1.807, 2.05) is 29.2 Å². The molecule has 0 spiro atoms. The molecular weight excluding hydrogens is 380 g/mol. The molecule has 0 radical (unpaired) electrons. The molecule has 2 aliphatic rings. The van der Waals surface area contributed by atoms with Gasteiger partial charge in [0.2, 0.25) is 11.8 Å². The van der Waals surface area contributed by atoms with Crippen LogP contribution in [0, 0.1) is 0 Å². The molecule has 0 atom stereocenters. The van der Waals surface area contributed by atoms with Crippen molar-refractivity contribution >= 4 is 29.1 Å². The van der Waals surface area contributed by atoms with Crippen LogP contribution < -0.4 is 16.0 Å². The molecule has 156 valence electrons. The normalized spacial score (nSPS) is 16.2. The fourth-order valence-corrected chi connectivity index (χ4v) is 4.12. The Hall–Kier alpha value is -3.35. The number of likely N-dealkylation sites (tertiary alicyclic amines) is 1. The van der Waals surface area contributed by atoms with Crippen LogP contribution in [0.5, 0.6) is 0 Å². The number of nitrogens with one attached hydrogen (secondary N) is 1. The molecule has 30 heavy (non-hydrogen) atoms. The van der Waals surface area contributed by atoms with Gasteiger partial charge in [0.05, 0.1) is 11.4 Å². The zero-order valence-electron chi connectivity index (χ0n) is 16.9. The van der Waals surface area contributed by atoms with Gasteiger partial charge in [-0.2, -0.15) is 0 Å². The minimum absolute atomic E-state index is 0.156. The van der Waals surface area contributed by atoms with Crippen LogP contribution in [-0.2, 0) is 11.3 Å². The summed E-state index contributed by atoms with van der Waals surface area (Å²) in [5.74, 6) is -0.634. The van der Waals surface area contributed by atoms with Crippen molar-refractivity contribution < 1.29 is 14.4 Å². The molecule has 2 aliphatic heterocycles. The van der Waals surface area contributed by atoms with Gasteiger partial charge in [0.25, 0.3) is 5.91 Å². The van der Waals surface area contributed by atoms with Gasteiger partial charge in [0.1, 0.15) is 0 Å². The van der Waals surface area contributed by atoms with Crippen molar-refractivity contribution in [3.05, 3.63) is 59.2 Å². The number of carbonyl (C=O) groups excluding carboxylic acids is 3. The Kier molecular flexibility index (Phi) is 5.70. The van der Waals surface area contributed by atoms with Crippen molar-refractivity contribution in [1.29, 1.82) is 0 Å². The molecule has 0 unspecified atom stereocenters. The quantitative estimate of drug-likeness (QED) is 0.771. The number of nitrogens with two attached hydrogens (primary N) is 1. The molecule has 3 N–H and O–H groups in total. The molecule has 7 heteroatoms. The van der Waals surface area contributed by atoms with Gasteiger partial charge in [-0.15, -0.1) is 0 Å². The fraction of sp³-hybridized carbons (Fsp3) is 0.348. The number of nitrogens with zero attached hydrogens (tertiary/aromatic N) is 2. The van der Waals surface area contributed by atoms with Gasteiger partial charge < -0.3 is 20.9 Å². The van der Waals surface area contributed by atoms with Gasteiger partial charge in [-0.05, 0) is 55.2 Å². The first-order valence-corrected chi connectivity index (χ1v) is 10.4. The number of rotatable bonds is 6. The smallest absolute Gasteiger partial charge is 0.255 e. The lowest BCUT2D eigenvalue weighted by molar-refractivity contribution is -0.128. The van der Waals surface area contributed by atoms with Crippen LogP contribution in [0.4, 0.5) is 11.4 Å². The Morgan fingerprint density at radius 3 is 2.47 bits per heavy atom. The van der Waals surface area contributed by atoms with Gasteiger partial charge >= 0.3 is 0 Å². The van der Waals surface area contributed by atoms with Crippen LogP contribution in [0.3, 0.4) is 0 Å². The zero-order chi connectivity index (χ0) is 21.1. The van der Waals surface area contributed by atoms with Crippen LogP contribution in [0.25, 0.3) is 0 Å². The van der Waals surface area contributed by atoms with E-state index in [4.69, 9.17) is 5.73 Å². The second-order valence-corrected chi connectivity index (χ2v) is 7.86. The van der Waals surface area contributed by atoms with Crippen molar-refractivity contribution in [1.82, 2.24) is 4.90 Å². The lowest BCUT2D eigenvalue weighted by Crippen LogP contribution is -2.24. The zero-order valence-corrected chi connectivity index (χ0v) is 16.9. The molecule has 0 aliphatic carbocycles. The number of amides is 3. The molecule has 0 bridgehead atoms. The van der Waals surface area contributed by atoms with Crippen molar-refractivity contribution in [2.45, 2.75) is 32.2 Å². The Balaban J connectivity index is 1.55. The predicted molar refractivity (Wildman–Crippen MR) is 115 cm³/mol. The van der Waals surface area contributed by atoms with Gasteiger partial charge in [-0.1, -0.05) is 12.1 Å². The average molecular weight is 406 g/mol. The Morgan fingerprint density at radius 2 is 1.77 bits per heavy atom. The monoisotopic (exact) mass is 406 g/mol. The molecule has 7 nitrogen and oxygen atoms in total. The highest BCUT2D eigenvalue weighted by Gasteiger charge is 2.21. The Bertz CT molecular complexity index is 982. The average Bonchev–Trinajstić information content (AvgIpc) is 3.40. The van der Waals surface area contributed by atoms with Gasteiger partial charge in [0, 0.05) is 43.7 Å². The van der Waals surface area contributed by atoms with E-state index in [0.29, 0.717) is 29.8 Å². The number of benzene rings is 2. The standard InChI is InChI=1S/C23H26N4O3/c24-22(29)17-8-9-20(26-10-1-2-11-26)19(14-17)25-23(30)18-6-3-5-16(13-18)15-27-12-4-7-21(27)28/h3,5-6,8-9,13-14H,1-2,4,7,10-12,15H2,(H2,24,29)(H,25,30). The van der Waals surface area contributed by atoms with E-state index in [0.717, 1.165) is 50.1 Å². The molecular formula is C23H26N4O3. The summed E-state index contributed by atoms with van der Waals surface area (Å²) in [6.45, 7) is 3.10. The summed E-state index contributed by atoms with van der Waals surface area (Å²) >= 11 is 0. The highest BCUT2D eigenvalue weighted by atomic mass is 16.2. The van der Waals surface area contributed by atoms with Crippen LogP contribution in [0.2, 0.25) is 0 Å². The number of anilines is 2. The topological polar surface area (TPSA) is 95.7 Å². The van der Waals surface area contributed by atoms with E-state index in [2.05, 4.69) is 10.2 Å². The lowest BCUT2D eigenvalue weighted by Gasteiger charge is -2.22. The van der Waals surface area contributed by atoms with E-state index in [9.17, 15) is 14.4 Å². The first kappa shape index (κ1) is 19.9. The largest absolute Gasteiger partial charge is 0.370 e. The maximum Gasteiger partial charge on any atom is 0.255 e. The minimum Gasteiger partial charge on any atom is -0.370 e. The molecule has 2 fully saturated rings. The van der Waals surface area contributed by atoms with Crippen molar-refractivity contribution in [3.8, 4) is 0 Å². The molecule has 3 amide bonds. The summed E-state index contributed by atoms with van der Waals surface area (Å²) in [5, 5.41) is 2.96. The predicted octanol–water partition coefficient (Wildman–Crippen LogP) is 2.76. The van der Waals surface area contributed by atoms with Gasteiger partial charge in [-0.25, -0.2) is 0 Å². The molecule has 0 saturated carbocycles. The van der Waals surface area contributed by atoms with Crippen LogP contribution in [0.1, 0.15) is 52.0 Å². The molecule has 0 aromatic heterocycles. The summed E-state index contributed by atoms with van der Waals surface area (Å²) in [6, 6.07) is 12.5. The first-order valence-electron chi connectivity index (χ1n) is 10.4. The van der Waals surface area contributed by atoms with E-state index < -0.39 is 5.91 Å². The molecule has 4 rings (SSSR count). The number of carbonyl (C=O) groups is 3. The van der Waals surface area contributed by atoms with Crippen molar-refractivity contribution in [2.24, 2.45) is 5.73 Å². The number of hydrogen-bond donors (Lipinski definition) is 2. The Labute approximate surface area is 175 Å². The molecule has 2 heterocycles. The highest BCUT2D eigenvalue weighted by molar-refractivity contribution is 6.07. The van der Waals surface area contributed by atoms with E-state index in [1.54, 1.807) is 18.2 Å². The summed E-state index contributed by atoms with van der Waals surface area (Å²) < 4.78 is 0. The third kappa shape index (κ3) is 4.30. The third-order valence-electron chi connectivity index (χ3n) is 5.71. The van der Waals surface area contributed by atoms with Crippen LogP contribution in [-0.4, -0.2) is 42.3 Å². The second-order valence-electron chi connectivity index (χ2n) is 7.86. The van der Waals surface area contributed by atoms with Crippen molar-refractivity contribution in [3.63, 3.8) is 0 Å². The van der Waals surface area contributed by atoms with Gasteiger partial charge in [0.15, 0.2) is 0 Å². The van der Waals surface area contributed by atoms with Crippen LogP contribution >= 0.6 is 0 Å². The van der Waals surface area contributed by atoms with Gasteiger partial charge in [-0.3, -0.25) is 14.4 Å².